The van der Waals surface area contributed by atoms with Crippen molar-refractivity contribution in [2.45, 2.75) is 12.5 Å². The Bertz CT molecular complexity index is 582. The number of thioether (sulfide) groups is 1. The number of carbonyl (C=O) groups excluding carboxylic acids is 2. The van der Waals surface area contributed by atoms with Gasteiger partial charge in [-0.15, -0.1) is 0 Å². The average molecular weight is 347 g/mol. The highest BCUT2D eigenvalue weighted by Gasteiger charge is 2.26. The molecule has 0 aliphatic rings. The minimum absolute atomic E-state index is 0.189. The van der Waals surface area contributed by atoms with Crippen LogP contribution < -0.4 is 5.32 Å². The molecular formula is C13H15ClN2O5S. The van der Waals surface area contributed by atoms with Crippen LogP contribution in [-0.4, -0.2) is 42.0 Å². The smallest absolute Gasteiger partial charge is 0.328 e. The molecule has 0 saturated carbocycles. The van der Waals surface area contributed by atoms with Crippen LogP contribution in [0.5, 0.6) is 0 Å². The lowest BCUT2D eigenvalue weighted by atomic mass is 10.1. The first-order valence-electron chi connectivity index (χ1n) is 6.22. The zero-order valence-corrected chi connectivity index (χ0v) is 13.6. The van der Waals surface area contributed by atoms with Crippen molar-refractivity contribution in [3.8, 4) is 0 Å². The summed E-state index contributed by atoms with van der Waals surface area (Å²) in [5, 5.41) is 13.6. The van der Waals surface area contributed by atoms with Crippen molar-refractivity contribution in [3.05, 3.63) is 38.9 Å². The van der Waals surface area contributed by atoms with E-state index >= 15 is 0 Å². The van der Waals surface area contributed by atoms with E-state index < -0.39 is 22.8 Å². The Morgan fingerprint density at radius 3 is 2.73 bits per heavy atom. The van der Waals surface area contributed by atoms with Gasteiger partial charge >= 0.3 is 5.97 Å². The first kappa shape index (κ1) is 18.2. The van der Waals surface area contributed by atoms with Gasteiger partial charge in [-0.1, -0.05) is 11.6 Å². The summed E-state index contributed by atoms with van der Waals surface area (Å²) >= 11 is 7.28. The van der Waals surface area contributed by atoms with Crippen LogP contribution in [0, 0.1) is 10.1 Å². The lowest BCUT2D eigenvalue weighted by molar-refractivity contribution is -0.385. The molecule has 0 unspecified atom stereocenters. The molecule has 0 bridgehead atoms. The predicted octanol–water partition coefficient (Wildman–Crippen LogP) is 2.27. The van der Waals surface area contributed by atoms with Crippen molar-refractivity contribution in [2.75, 3.05) is 19.1 Å². The highest BCUT2D eigenvalue weighted by atomic mass is 35.5. The van der Waals surface area contributed by atoms with Crippen LogP contribution in [0.2, 0.25) is 5.02 Å². The number of ether oxygens (including phenoxy) is 1. The van der Waals surface area contributed by atoms with Crippen molar-refractivity contribution < 1.29 is 19.2 Å². The van der Waals surface area contributed by atoms with E-state index in [9.17, 15) is 19.7 Å². The number of methoxy groups -OCH3 is 1. The number of esters is 1. The zero-order valence-electron chi connectivity index (χ0n) is 12.0. The maximum atomic E-state index is 12.2. The third-order valence-electron chi connectivity index (χ3n) is 2.80. The first-order valence-corrected chi connectivity index (χ1v) is 7.99. The summed E-state index contributed by atoms with van der Waals surface area (Å²) in [5.41, 5.74) is -0.578. The number of carbonyl (C=O) groups is 2. The molecule has 1 aromatic rings. The van der Waals surface area contributed by atoms with Gasteiger partial charge in [0.2, 0.25) is 0 Å². The summed E-state index contributed by atoms with van der Waals surface area (Å²) in [6, 6.07) is 2.79. The molecule has 0 aliphatic heterocycles. The van der Waals surface area contributed by atoms with E-state index in [1.54, 1.807) is 0 Å². The number of nitro groups is 1. The molecule has 9 heteroatoms. The van der Waals surface area contributed by atoms with Crippen LogP contribution in [0.1, 0.15) is 16.8 Å². The summed E-state index contributed by atoms with van der Waals surface area (Å²) < 4.78 is 4.62. The van der Waals surface area contributed by atoms with E-state index in [-0.39, 0.29) is 16.3 Å². The number of halogens is 1. The van der Waals surface area contributed by atoms with Gasteiger partial charge in [-0.25, -0.2) is 4.79 Å². The molecule has 1 amide bonds. The van der Waals surface area contributed by atoms with E-state index in [1.807, 2.05) is 6.26 Å². The normalized spacial score (nSPS) is 11.6. The fraction of sp³-hybridized carbons (Fsp3) is 0.385. The molecule has 7 nitrogen and oxygen atoms in total. The molecule has 0 heterocycles. The quantitative estimate of drug-likeness (QED) is 0.462. The van der Waals surface area contributed by atoms with E-state index in [0.717, 1.165) is 6.07 Å². The Balaban J connectivity index is 3.01. The Labute approximate surface area is 136 Å². The minimum atomic E-state index is -0.872. The van der Waals surface area contributed by atoms with E-state index in [1.165, 1.54) is 31.0 Å². The van der Waals surface area contributed by atoms with Crippen molar-refractivity contribution >= 4 is 40.9 Å². The molecule has 120 valence electrons. The van der Waals surface area contributed by atoms with Gasteiger partial charge in [-0.2, -0.15) is 11.8 Å². The monoisotopic (exact) mass is 346 g/mol. The van der Waals surface area contributed by atoms with Gasteiger partial charge in [0.25, 0.3) is 11.6 Å². The standard InChI is InChI=1S/C13H15ClN2O5S/c1-21-13(18)10(5-6-22-2)15-12(17)9-7-8(14)3-4-11(9)16(19)20/h3-4,7,10H,5-6H2,1-2H3,(H,15,17)/t10-/m1/s1. The largest absolute Gasteiger partial charge is 0.467 e. The molecule has 0 fully saturated rings. The number of hydrogen-bond acceptors (Lipinski definition) is 6. The molecule has 22 heavy (non-hydrogen) atoms. The molecule has 1 N–H and O–H groups in total. The maximum Gasteiger partial charge on any atom is 0.328 e. The summed E-state index contributed by atoms with van der Waals surface area (Å²) in [6.45, 7) is 0. The van der Waals surface area contributed by atoms with Crippen LogP contribution in [-0.2, 0) is 9.53 Å². The van der Waals surface area contributed by atoms with Crippen LogP contribution in [0.3, 0.4) is 0 Å². The van der Waals surface area contributed by atoms with Crippen LogP contribution >= 0.6 is 23.4 Å². The number of nitro benzene ring substituents is 1. The van der Waals surface area contributed by atoms with Crippen LogP contribution in [0.15, 0.2) is 18.2 Å². The van der Waals surface area contributed by atoms with Gasteiger partial charge < -0.3 is 10.1 Å². The summed E-state index contributed by atoms with van der Waals surface area (Å²) in [5.74, 6) is -0.727. The molecule has 0 aromatic heterocycles. The number of nitrogens with zero attached hydrogens (tertiary/aromatic N) is 1. The fourth-order valence-corrected chi connectivity index (χ4v) is 2.36. The predicted molar refractivity (Wildman–Crippen MR) is 84.4 cm³/mol. The van der Waals surface area contributed by atoms with E-state index in [0.29, 0.717) is 12.2 Å². The Hall–Kier alpha value is -1.80. The average Bonchev–Trinajstić information content (AvgIpc) is 2.49. The second-order valence-corrected chi connectivity index (χ2v) is 5.67. The highest BCUT2D eigenvalue weighted by molar-refractivity contribution is 7.98. The number of hydrogen-bond donors (Lipinski definition) is 1. The Morgan fingerprint density at radius 1 is 1.50 bits per heavy atom. The molecule has 0 saturated heterocycles. The van der Waals surface area contributed by atoms with Crippen molar-refractivity contribution in [2.24, 2.45) is 0 Å². The second-order valence-electron chi connectivity index (χ2n) is 4.25. The maximum absolute atomic E-state index is 12.2. The molecule has 0 aliphatic carbocycles. The van der Waals surface area contributed by atoms with Gasteiger partial charge in [0, 0.05) is 11.1 Å². The van der Waals surface area contributed by atoms with E-state index in [2.05, 4.69) is 10.1 Å². The number of benzene rings is 1. The third-order valence-corrected chi connectivity index (χ3v) is 3.68. The zero-order chi connectivity index (χ0) is 16.7. The Morgan fingerprint density at radius 2 is 2.18 bits per heavy atom. The van der Waals surface area contributed by atoms with Crippen LogP contribution in [0.4, 0.5) is 5.69 Å². The first-order chi connectivity index (χ1) is 10.4. The third kappa shape index (κ3) is 4.88. The summed E-state index contributed by atoms with van der Waals surface area (Å²) in [7, 11) is 1.21. The van der Waals surface area contributed by atoms with Crippen molar-refractivity contribution in [3.63, 3.8) is 0 Å². The van der Waals surface area contributed by atoms with Gasteiger partial charge in [0.1, 0.15) is 11.6 Å². The summed E-state index contributed by atoms with van der Waals surface area (Å²) in [6.07, 6.45) is 2.21. The number of amides is 1. The van der Waals surface area contributed by atoms with Crippen molar-refractivity contribution in [1.29, 1.82) is 0 Å². The topological polar surface area (TPSA) is 98.5 Å². The number of nitrogens with one attached hydrogen (secondary N) is 1. The fourth-order valence-electron chi connectivity index (χ4n) is 1.71. The van der Waals surface area contributed by atoms with Gasteiger partial charge in [-0.3, -0.25) is 14.9 Å². The Kier molecular flexibility index (Phi) is 7.13. The SMILES string of the molecule is COC(=O)[C@@H](CCSC)NC(=O)c1cc(Cl)ccc1[N+](=O)[O-]. The second kappa shape index (κ2) is 8.60. The van der Waals surface area contributed by atoms with Crippen LogP contribution in [0.25, 0.3) is 0 Å². The molecule has 1 aromatic carbocycles. The van der Waals surface area contributed by atoms with E-state index in [4.69, 9.17) is 11.6 Å². The number of rotatable bonds is 7. The van der Waals surface area contributed by atoms with Crippen molar-refractivity contribution in [1.82, 2.24) is 5.32 Å². The highest BCUT2D eigenvalue weighted by Crippen LogP contribution is 2.22. The van der Waals surface area contributed by atoms with Gasteiger partial charge in [0.05, 0.1) is 12.0 Å². The lowest BCUT2D eigenvalue weighted by Crippen LogP contribution is -2.42. The molecule has 0 spiro atoms. The molecule has 1 atom stereocenters. The van der Waals surface area contributed by atoms with Gasteiger partial charge in [-0.05, 0) is 30.6 Å². The summed E-state index contributed by atoms with van der Waals surface area (Å²) in [4.78, 5) is 34.2. The molecule has 0 radical (unpaired) electrons. The molecule has 1 rings (SSSR count). The molecular weight excluding hydrogens is 332 g/mol. The lowest BCUT2D eigenvalue weighted by Gasteiger charge is -2.16. The minimum Gasteiger partial charge on any atom is -0.467 e. The van der Waals surface area contributed by atoms with Gasteiger partial charge in [0.15, 0.2) is 0 Å².